The summed E-state index contributed by atoms with van der Waals surface area (Å²) in [5.41, 5.74) is 1.69. The van der Waals surface area contributed by atoms with Crippen LogP contribution in [-0.4, -0.2) is 29.4 Å². The Balaban J connectivity index is 1.62. The Morgan fingerprint density at radius 1 is 1.22 bits per heavy atom. The zero-order chi connectivity index (χ0) is 19.4. The number of anilines is 1. The van der Waals surface area contributed by atoms with E-state index in [1.807, 2.05) is 18.2 Å². The fourth-order valence-electron chi connectivity index (χ4n) is 3.14. The lowest BCUT2D eigenvalue weighted by Gasteiger charge is -2.26. The number of hydrogen-bond acceptors (Lipinski definition) is 3. The van der Waals surface area contributed by atoms with Gasteiger partial charge in [0.05, 0.1) is 12.8 Å². The Morgan fingerprint density at radius 3 is 2.70 bits per heavy atom. The molecule has 5 nitrogen and oxygen atoms in total. The Labute approximate surface area is 154 Å². The number of halogens is 3. The summed E-state index contributed by atoms with van der Waals surface area (Å²) in [6.45, 7) is -1.61. The van der Waals surface area contributed by atoms with Crippen molar-refractivity contribution in [2.45, 2.75) is 32.0 Å². The number of alkyl halides is 3. The van der Waals surface area contributed by atoms with Crippen molar-refractivity contribution >= 4 is 17.5 Å². The van der Waals surface area contributed by atoms with Gasteiger partial charge < -0.3 is 14.6 Å². The number of hydrogen-bond donors (Lipinski definition) is 1. The molecule has 8 heteroatoms. The fourth-order valence-corrected chi connectivity index (χ4v) is 3.14. The smallest absolute Gasteiger partial charge is 0.406 e. The van der Waals surface area contributed by atoms with Crippen molar-refractivity contribution < 1.29 is 27.2 Å². The van der Waals surface area contributed by atoms with Gasteiger partial charge in [-0.25, -0.2) is 0 Å². The van der Waals surface area contributed by atoms with Gasteiger partial charge in [-0.3, -0.25) is 9.59 Å². The number of fused-ring (bicyclic) bond motifs is 1. The Hall–Kier alpha value is -2.77. The van der Waals surface area contributed by atoms with E-state index in [1.165, 1.54) is 12.3 Å². The maximum absolute atomic E-state index is 12.8. The van der Waals surface area contributed by atoms with Gasteiger partial charge in [-0.2, -0.15) is 13.2 Å². The van der Waals surface area contributed by atoms with Crippen LogP contribution in [-0.2, 0) is 22.6 Å². The molecule has 1 atom stereocenters. The molecule has 0 bridgehead atoms. The molecule has 1 unspecified atom stereocenters. The van der Waals surface area contributed by atoms with E-state index in [2.05, 4.69) is 5.32 Å². The number of benzene rings is 1. The van der Waals surface area contributed by atoms with Gasteiger partial charge in [0.1, 0.15) is 12.3 Å². The second-order valence-electron chi connectivity index (χ2n) is 6.53. The number of carbonyl (C=O) groups is 2. The molecule has 1 aromatic carbocycles. The number of amides is 2. The van der Waals surface area contributed by atoms with E-state index in [9.17, 15) is 22.8 Å². The molecule has 0 spiro atoms. The molecule has 1 aromatic heterocycles. The number of rotatable bonds is 6. The molecule has 0 fully saturated rings. The van der Waals surface area contributed by atoms with Crippen molar-refractivity contribution in [2.75, 3.05) is 11.9 Å². The molecule has 3 rings (SSSR count). The summed E-state index contributed by atoms with van der Waals surface area (Å²) < 4.78 is 43.5. The van der Waals surface area contributed by atoms with Crippen LogP contribution in [0.5, 0.6) is 0 Å². The zero-order valence-electron chi connectivity index (χ0n) is 14.5. The third-order valence-corrected chi connectivity index (χ3v) is 4.47. The molecular formula is C19H19F3N2O3. The lowest BCUT2D eigenvalue weighted by Crippen LogP contribution is -2.39. The summed E-state index contributed by atoms with van der Waals surface area (Å²) >= 11 is 0. The first-order chi connectivity index (χ1) is 12.8. The summed E-state index contributed by atoms with van der Waals surface area (Å²) in [5.74, 6) is -1.04. The topological polar surface area (TPSA) is 62.6 Å². The molecule has 1 N–H and O–H groups in total. The first kappa shape index (κ1) is 19.0. The molecule has 0 saturated carbocycles. The number of nitrogens with zero attached hydrogens (tertiary/aromatic N) is 1. The molecule has 0 aliphatic carbocycles. The molecule has 2 heterocycles. The van der Waals surface area contributed by atoms with Crippen LogP contribution >= 0.6 is 0 Å². The maximum Gasteiger partial charge on any atom is 0.406 e. The van der Waals surface area contributed by atoms with Crippen molar-refractivity contribution in [3.05, 3.63) is 54.0 Å². The number of para-hydroxylation sites is 1. The highest BCUT2D eigenvalue weighted by molar-refractivity contribution is 5.96. The zero-order valence-corrected chi connectivity index (χ0v) is 14.5. The van der Waals surface area contributed by atoms with Crippen LogP contribution in [0.3, 0.4) is 0 Å². The van der Waals surface area contributed by atoms with Crippen molar-refractivity contribution in [1.82, 2.24) is 4.90 Å². The summed E-state index contributed by atoms with van der Waals surface area (Å²) in [6.07, 6.45) is -2.66. The van der Waals surface area contributed by atoms with Crippen LogP contribution in [0.25, 0.3) is 0 Å². The molecule has 2 amide bonds. The van der Waals surface area contributed by atoms with Crippen molar-refractivity contribution in [3.8, 4) is 0 Å². The van der Waals surface area contributed by atoms with Gasteiger partial charge in [-0.15, -0.1) is 0 Å². The molecule has 0 saturated heterocycles. The second kappa shape index (κ2) is 7.85. The SMILES string of the molecule is O=C1Nc2ccccc2CC1CCC(=O)N(Cc1ccco1)CC(F)(F)F. The number of furan rings is 1. The van der Waals surface area contributed by atoms with Gasteiger partial charge in [-0.1, -0.05) is 18.2 Å². The predicted molar refractivity (Wildman–Crippen MR) is 91.7 cm³/mol. The Bertz CT molecular complexity index is 803. The van der Waals surface area contributed by atoms with Gasteiger partial charge in [-0.05, 0) is 36.6 Å². The van der Waals surface area contributed by atoms with Crippen LogP contribution in [0.1, 0.15) is 24.2 Å². The number of nitrogens with one attached hydrogen (secondary N) is 1. The number of carbonyl (C=O) groups excluding carboxylic acids is 2. The quantitative estimate of drug-likeness (QED) is 0.830. The third-order valence-electron chi connectivity index (χ3n) is 4.47. The van der Waals surface area contributed by atoms with Gasteiger partial charge in [0.2, 0.25) is 11.8 Å². The third kappa shape index (κ3) is 5.12. The summed E-state index contributed by atoms with van der Waals surface area (Å²) in [5, 5.41) is 2.78. The van der Waals surface area contributed by atoms with E-state index in [-0.39, 0.29) is 31.1 Å². The average Bonchev–Trinajstić information content (AvgIpc) is 3.11. The molecule has 1 aliphatic rings. The minimum atomic E-state index is -4.51. The van der Waals surface area contributed by atoms with Crippen LogP contribution in [0.4, 0.5) is 18.9 Å². The fraction of sp³-hybridized carbons (Fsp3) is 0.368. The van der Waals surface area contributed by atoms with E-state index in [1.54, 1.807) is 12.1 Å². The minimum absolute atomic E-state index is 0.142. The van der Waals surface area contributed by atoms with Crippen LogP contribution in [0.2, 0.25) is 0 Å². The first-order valence-corrected chi connectivity index (χ1v) is 8.57. The standard InChI is InChI=1S/C19H19F3N2O3/c20-19(21,22)12-24(11-15-5-3-9-27-15)17(25)8-7-14-10-13-4-1-2-6-16(13)23-18(14)26/h1-6,9,14H,7-8,10-12H2,(H,23,26). The van der Waals surface area contributed by atoms with Crippen molar-refractivity contribution in [3.63, 3.8) is 0 Å². The van der Waals surface area contributed by atoms with E-state index in [0.717, 1.165) is 11.3 Å². The highest BCUT2D eigenvalue weighted by atomic mass is 19.4. The molecule has 0 radical (unpaired) electrons. The highest BCUT2D eigenvalue weighted by Crippen LogP contribution is 2.28. The van der Waals surface area contributed by atoms with Crippen molar-refractivity contribution in [1.29, 1.82) is 0 Å². The molecule has 144 valence electrons. The van der Waals surface area contributed by atoms with Crippen LogP contribution in [0, 0.1) is 5.92 Å². The van der Waals surface area contributed by atoms with Gasteiger partial charge in [0.15, 0.2) is 0 Å². The van der Waals surface area contributed by atoms with Crippen LogP contribution < -0.4 is 5.32 Å². The molecule has 2 aromatic rings. The lowest BCUT2D eigenvalue weighted by molar-refractivity contribution is -0.163. The van der Waals surface area contributed by atoms with E-state index in [4.69, 9.17) is 4.42 Å². The molecule has 27 heavy (non-hydrogen) atoms. The first-order valence-electron chi connectivity index (χ1n) is 8.57. The van der Waals surface area contributed by atoms with Gasteiger partial charge >= 0.3 is 6.18 Å². The monoisotopic (exact) mass is 380 g/mol. The highest BCUT2D eigenvalue weighted by Gasteiger charge is 2.34. The van der Waals surface area contributed by atoms with Crippen LogP contribution in [0.15, 0.2) is 47.1 Å². The predicted octanol–water partition coefficient (Wildman–Crippen LogP) is 3.76. The van der Waals surface area contributed by atoms with Gasteiger partial charge in [0.25, 0.3) is 0 Å². The van der Waals surface area contributed by atoms with E-state index in [0.29, 0.717) is 11.3 Å². The lowest BCUT2D eigenvalue weighted by atomic mass is 9.89. The molecule has 1 aliphatic heterocycles. The average molecular weight is 380 g/mol. The summed E-state index contributed by atoms with van der Waals surface area (Å²) in [7, 11) is 0. The van der Waals surface area contributed by atoms with Crippen molar-refractivity contribution in [2.24, 2.45) is 5.92 Å². The Kier molecular flexibility index (Phi) is 5.53. The second-order valence-corrected chi connectivity index (χ2v) is 6.53. The van der Waals surface area contributed by atoms with E-state index < -0.39 is 24.5 Å². The molecular weight excluding hydrogens is 361 g/mol. The van der Waals surface area contributed by atoms with Gasteiger partial charge in [0, 0.05) is 18.0 Å². The summed E-state index contributed by atoms with van der Waals surface area (Å²) in [6, 6.07) is 10.4. The summed E-state index contributed by atoms with van der Waals surface area (Å²) in [4.78, 5) is 25.3. The Morgan fingerprint density at radius 2 is 2.00 bits per heavy atom. The minimum Gasteiger partial charge on any atom is -0.467 e. The maximum atomic E-state index is 12.8. The largest absolute Gasteiger partial charge is 0.467 e. The normalized spacial score (nSPS) is 16.6. The van der Waals surface area contributed by atoms with E-state index >= 15 is 0 Å².